The third kappa shape index (κ3) is 4.59. The molecule has 1 aliphatic carbocycles. The van der Waals surface area contributed by atoms with Gasteiger partial charge in [-0.05, 0) is 31.0 Å². The molecule has 1 aromatic rings. The molecule has 0 radical (unpaired) electrons. The molecule has 1 amide bonds. The Morgan fingerprint density at radius 2 is 1.85 bits per heavy atom. The third-order valence-electron chi connectivity index (χ3n) is 4.93. The van der Waals surface area contributed by atoms with Crippen LogP contribution in [0.2, 0.25) is 0 Å². The number of methoxy groups -OCH3 is 1. The minimum atomic E-state index is -3.66. The number of anilines is 2. The SMILES string of the molecule is COc1ccc(N2CCN(C=O)CC2)cc1NS(=O)(=O)NC1CCCC1. The first-order chi connectivity index (χ1) is 12.5. The van der Waals surface area contributed by atoms with Crippen molar-refractivity contribution in [1.82, 2.24) is 9.62 Å². The van der Waals surface area contributed by atoms with Crippen molar-refractivity contribution >= 4 is 28.0 Å². The van der Waals surface area contributed by atoms with Gasteiger partial charge >= 0.3 is 0 Å². The number of hydrogen-bond acceptors (Lipinski definition) is 5. The highest BCUT2D eigenvalue weighted by atomic mass is 32.2. The van der Waals surface area contributed by atoms with Gasteiger partial charge in [-0.3, -0.25) is 9.52 Å². The van der Waals surface area contributed by atoms with Crippen LogP contribution >= 0.6 is 0 Å². The number of carbonyl (C=O) groups excluding carboxylic acids is 1. The topological polar surface area (TPSA) is 91.0 Å². The Kier molecular flexibility index (Phi) is 5.87. The van der Waals surface area contributed by atoms with E-state index in [4.69, 9.17) is 4.74 Å². The van der Waals surface area contributed by atoms with Crippen LogP contribution in [-0.2, 0) is 15.0 Å². The second-order valence-electron chi connectivity index (χ2n) is 6.72. The summed E-state index contributed by atoms with van der Waals surface area (Å²) in [6, 6.07) is 5.44. The van der Waals surface area contributed by atoms with Gasteiger partial charge in [0.15, 0.2) is 0 Å². The molecule has 1 saturated heterocycles. The van der Waals surface area contributed by atoms with Crippen LogP contribution < -0.4 is 19.1 Å². The fourth-order valence-electron chi connectivity index (χ4n) is 3.50. The summed E-state index contributed by atoms with van der Waals surface area (Å²) in [6.07, 6.45) is 4.72. The number of hydrogen-bond donors (Lipinski definition) is 2. The van der Waals surface area contributed by atoms with Crippen molar-refractivity contribution in [2.45, 2.75) is 31.7 Å². The number of nitrogens with zero attached hydrogens (tertiary/aromatic N) is 2. The number of rotatable bonds is 7. The lowest BCUT2D eigenvalue weighted by Gasteiger charge is -2.34. The van der Waals surface area contributed by atoms with Crippen LogP contribution in [0.3, 0.4) is 0 Å². The molecule has 1 saturated carbocycles. The van der Waals surface area contributed by atoms with Crippen molar-refractivity contribution in [2.75, 3.05) is 42.9 Å². The zero-order valence-electron chi connectivity index (χ0n) is 15.0. The van der Waals surface area contributed by atoms with E-state index in [1.54, 1.807) is 17.0 Å². The van der Waals surface area contributed by atoms with Crippen LogP contribution in [0.25, 0.3) is 0 Å². The fourth-order valence-corrected chi connectivity index (χ4v) is 4.68. The van der Waals surface area contributed by atoms with Gasteiger partial charge < -0.3 is 14.5 Å². The van der Waals surface area contributed by atoms with Crippen LogP contribution in [0.15, 0.2) is 18.2 Å². The van der Waals surface area contributed by atoms with Gasteiger partial charge in [-0.2, -0.15) is 13.1 Å². The summed E-state index contributed by atoms with van der Waals surface area (Å²) in [6.45, 7) is 2.72. The Morgan fingerprint density at radius 1 is 1.15 bits per heavy atom. The number of amides is 1. The smallest absolute Gasteiger partial charge is 0.299 e. The number of ether oxygens (including phenoxy) is 1. The van der Waals surface area contributed by atoms with E-state index in [2.05, 4.69) is 14.3 Å². The Morgan fingerprint density at radius 3 is 2.46 bits per heavy atom. The van der Waals surface area contributed by atoms with Crippen molar-refractivity contribution < 1.29 is 17.9 Å². The minimum absolute atomic E-state index is 0.00176. The van der Waals surface area contributed by atoms with E-state index < -0.39 is 10.2 Å². The lowest BCUT2D eigenvalue weighted by molar-refractivity contribution is -0.118. The van der Waals surface area contributed by atoms with Crippen LogP contribution in [0, 0.1) is 0 Å². The Balaban J connectivity index is 1.74. The quantitative estimate of drug-likeness (QED) is 0.691. The summed E-state index contributed by atoms with van der Waals surface area (Å²) in [4.78, 5) is 14.7. The average Bonchev–Trinajstić information content (AvgIpc) is 3.13. The maximum absolute atomic E-state index is 12.5. The normalized spacial score (nSPS) is 18.8. The number of nitrogens with one attached hydrogen (secondary N) is 2. The molecule has 2 aliphatic rings. The van der Waals surface area contributed by atoms with Gasteiger partial charge in [-0.1, -0.05) is 12.8 Å². The second kappa shape index (κ2) is 8.13. The van der Waals surface area contributed by atoms with Gasteiger partial charge in [-0.15, -0.1) is 0 Å². The number of carbonyl (C=O) groups is 1. The van der Waals surface area contributed by atoms with Crippen molar-refractivity contribution in [3.63, 3.8) is 0 Å². The summed E-state index contributed by atoms with van der Waals surface area (Å²) < 4.78 is 35.5. The maximum atomic E-state index is 12.5. The summed E-state index contributed by atoms with van der Waals surface area (Å²) in [5.74, 6) is 0.470. The first kappa shape index (κ1) is 18.8. The largest absolute Gasteiger partial charge is 0.495 e. The van der Waals surface area contributed by atoms with Crippen molar-refractivity contribution in [3.05, 3.63) is 18.2 Å². The molecule has 26 heavy (non-hydrogen) atoms. The van der Waals surface area contributed by atoms with Crippen molar-refractivity contribution in [2.24, 2.45) is 0 Å². The molecule has 9 heteroatoms. The van der Waals surface area contributed by atoms with E-state index in [0.29, 0.717) is 37.6 Å². The van der Waals surface area contributed by atoms with Gasteiger partial charge in [0.2, 0.25) is 6.41 Å². The highest BCUT2D eigenvalue weighted by Gasteiger charge is 2.23. The molecule has 0 aromatic heterocycles. The van der Waals surface area contributed by atoms with Crippen LogP contribution in [-0.4, -0.2) is 59.1 Å². The Hall–Kier alpha value is -2.00. The molecule has 2 N–H and O–H groups in total. The average molecular weight is 382 g/mol. The predicted octanol–water partition coefficient (Wildman–Crippen LogP) is 1.16. The second-order valence-corrected chi connectivity index (χ2v) is 8.16. The molecule has 0 bridgehead atoms. The molecule has 3 rings (SSSR count). The van der Waals surface area contributed by atoms with Crippen molar-refractivity contribution in [1.29, 1.82) is 0 Å². The Bertz CT molecular complexity index is 726. The maximum Gasteiger partial charge on any atom is 0.299 e. The highest BCUT2D eigenvalue weighted by Crippen LogP contribution is 2.31. The van der Waals surface area contributed by atoms with Gasteiger partial charge in [-0.25, -0.2) is 0 Å². The minimum Gasteiger partial charge on any atom is -0.495 e. The molecule has 8 nitrogen and oxygen atoms in total. The zero-order valence-corrected chi connectivity index (χ0v) is 15.8. The molecule has 1 aliphatic heterocycles. The molecular formula is C17H26N4O4S. The van der Waals surface area contributed by atoms with Crippen LogP contribution in [0.1, 0.15) is 25.7 Å². The third-order valence-corrected chi connectivity index (χ3v) is 6.07. The number of piperazine rings is 1. The molecular weight excluding hydrogens is 356 g/mol. The summed E-state index contributed by atoms with van der Waals surface area (Å²) in [7, 11) is -2.15. The molecule has 144 valence electrons. The fraction of sp³-hybridized carbons (Fsp3) is 0.588. The molecule has 2 fully saturated rings. The molecule has 0 atom stereocenters. The zero-order chi connectivity index (χ0) is 18.6. The Labute approximate surface area is 154 Å². The molecule has 0 spiro atoms. The van der Waals surface area contributed by atoms with Gasteiger partial charge in [0.1, 0.15) is 5.75 Å². The van der Waals surface area contributed by atoms with Crippen LogP contribution in [0.4, 0.5) is 11.4 Å². The van der Waals surface area contributed by atoms with E-state index >= 15 is 0 Å². The van der Waals surface area contributed by atoms with Crippen molar-refractivity contribution in [3.8, 4) is 5.75 Å². The predicted molar refractivity (Wildman–Crippen MR) is 101 cm³/mol. The number of benzene rings is 1. The van der Waals surface area contributed by atoms with E-state index in [1.807, 2.05) is 6.07 Å². The van der Waals surface area contributed by atoms with Gasteiger partial charge in [0, 0.05) is 37.9 Å². The first-order valence-corrected chi connectivity index (χ1v) is 10.4. The molecule has 0 unspecified atom stereocenters. The first-order valence-electron chi connectivity index (χ1n) is 8.93. The van der Waals surface area contributed by atoms with E-state index in [9.17, 15) is 13.2 Å². The van der Waals surface area contributed by atoms with Gasteiger partial charge in [0.05, 0.1) is 12.8 Å². The summed E-state index contributed by atoms with van der Waals surface area (Å²) >= 11 is 0. The van der Waals surface area contributed by atoms with Gasteiger partial charge in [0.25, 0.3) is 10.2 Å². The highest BCUT2D eigenvalue weighted by molar-refractivity contribution is 7.90. The monoisotopic (exact) mass is 382 g/mol. The van der Waals surface area contributed by atoms with E-state index in [-0.39, 0.29) is 6.04 Å². The van der Waals surface area contributed by atoms with Crippen LogP contribution in [0.5, 0.6) is 5.75 Å². The molecule has 1 heterocycles. The standard InChI is InChI=1S/C17H26N4O4S/c1-25-17-7-6-15(21-10-8-20(13-22)9-11-21)12-16(17)19-26(23,24)18-14-4-2-3-5-14/h6-7,12-14,18-19H,2-5,8-11H2,1H3. The summed E-state index contributed by atoms with van der Waals surface area (Å²) in [5.41, 5.74) is 1.31. The lowest BCUT2D eigenvalue weighted by Crippen LogP contribution is -2.45. The lowest BCUT2D eigenvalue weighted by atomic mass is 10.2. The molecule has 1 aromatic carbocycles. The summed E-state index contributed by atoms with van der Waals surface area (Å²) in [5, 5.41) is 0. The van der Waals surface area contributed by atoms with E-state index in [1.165, 1.54) is 7.11 Å². The van der Waals surface area contributed by atoms with E-state index in [0.717, 1.165) is 37.8 Å².